The minimum atomic E-state index is -0.181. The molecule has 8 nitrogen and oxygen atoms in total. The van der Waals surface area contributed by atoms with Gasteiger partial charge in [-0.2, -0.15) is 0 Å². The molecule has 0 saturated heterocycles. The number of aliphatic imine (C=N–C) groups is 1. The van der Waals surface area contributed by atoms with Crippen molar-refractivity contribution in [2.45, 2.75) is 6.54 Å². The van der Waals surface area contributed by atoms with E-state index in [-0.39, 0.29) is 43.2 Å². The minimum absolute atomic E-state index is 0. The zero-order chi connectivity index (χ0) is 17.5. The van der Waals surface area contributed by atoms with Crippen molar-refractivity contribution in [1.82, 2.24) is 15.6 Å². The SMILES string of the molecule is CN=C(NCC(=O)Nc1cccnc1)NCc1ccc2c(c1)OCO2.I. The van der Waals surface area contributed by atoms with Crippen molar-refractivity contribution in [2.24, 2.45) is 4.99 Å². The van der Waals surface area contributed by atoms with Gasteiger partial charge in [0.2, 0.25) is 12.7 Å². The number of carbonyl (C=O) groups excluding carboxylic acids is 1. The van der Waals surface area contributed by atoms with Crippen molar-refractivity contribution in [3.63, 3.8) is 0 Å². The lowest BCUT2D eigenvalue weighted by Crippen LogP contribution is -2.41. The first-order chi connectivity index (χ1) is 12.2. The maximum absolute atomic E-state index is 11.9. The molecule has 0 bridgehead atoms. The molecule has 0 fully saturated rings. The molecule has 1 aliphatic heterocycles. The Morgan fingerprint density at radius 1 is 1.23 bits per heavy atom. The molecule has 0 unspecified atom stereocenters. The Balaban J connectivity index is 0.00000243. The smallest absolute Gasteiger partial charge is 0.243 e. The first kappa shape index (κ1) is 19.8. The number of pyridine rings is 1. The summed E-state index contributed by atoms with van der Waals surface area (Å²) in [6.07, 6.45) is 3.24. The zero-order valence-corrected chi connectivity index (χ0v) is 16.5. The maximum Gasteiger partial charge on any atom is 0.243 e. The third-order valence-electron chi connectivity index (χ3n) is 3.48. The molecule has 1 aromatic carbocycles. The first-order valence-corrected chi connectivity index (χ1v) is 7.77. The van der Waals surface area contributed by atoms with Crippen LogP contribution in [0.5, 0.6) is 11.5 Å². The molecule has 0 aliphatic carbocycles. The number of ether oxygens (including phenoxy) is 2. The third kappa shape index (κ3) is 5.48. The molecule has 1 amide bonds. The quantitative estimate of drug-likeness (QED) is 0.351. The van der Waals surface area contributed by atoms with E-state index >= 15 is 0 Å². The van der Waals surface area contributed by atoms with Crippen LogP contribution in [0.3, 0.4) is 0 Å². The van der Waals surface area contributed by atoms with Gasteiger partial charge in [0.05, 0.1) is 18.4 Å². The lowest BCUT2D eigenvalue weighted by molar-refractivity contribution is -0.115. The highest BCUT2D eigenvalue weighted by Gasteiger charge is 2.13. The summed E-state index contributed by atoms with van der Waals surface area (Å²) in [5.74, 6) is 1.83. The Kier molecular flexibility index (Phi) is 7.45. The Labute approximate surface area is 168 Å². The number of hydrogen-bond acceptors (Lipinski definition) is 5. The van der Waals surface area contributed by atoms with Crippen molar-refractivity contribution >= 4 is 41.5 Å². The highest BCUT2D eigenvalue weighted by Crippen LogP contribution is 2.32. The fourth-order valence-corrected chi connectivity index (χ4v) is 2.26. The van der Waals surface area contributed by atoms with E-state index in [0.717, 1.165) is 17.1 Å². The number of benzene rings is 1. The van der Waals surface area contributed by atoms with Crippen LogP contribution < -0.4 is 25.4 Å². The average molecular weight is 469 g/mol. The van der Waals surface area contributed by atoms with Crippen LogP contribution in [0.1, 0.15) is 5.56 Å². The first-order valence-electron chi connectivity index (χ1n) is 7.77. The van der Waals surface area contributed by atoms with Gasteiger partial charge >= 0.3 is 0 Å². The normalized spacial score (nSPS) is 12.1. The molecule has 2 heterocycles. The van der Waals surface area contributed by atoms with Gasteiger partial charge in [0, 0.05) is 19.8 Å². The molecule has 3 N–H and O–H groups in total. The summed E-state index contributed by atoms with van der Waals surface area (Å²) in [7, 11) is 1.65. The summed E-state index contributed by atoms with van der Waals surface area (Å²) >= 11 is 0. The monoisotopic (exact) mass is 469 g/mol. The minimum Gasteiger partial charge on any atom is -0.454 e. The number of amides is 1. The number of nitrogens with one attached hydrogen (secondary N) is 3. The van der Waals surface area contributed by atoms with Crippen LogP contribution in [0.25, 0.3) is 0 Å². The highest BCUT2D eigenvalue weighted by molar-refractivity contribution is 14.0. The molecule has 26 heavy (non-hydrogen) atoms. The molecule has 1 aromatic heterocycles. The van der Waals surface area contributed by atoms with E-state index in [9.17, 15) is 4.79 Å². The second-order valence-corrected chi connectivity index (χ2v) is 5.26. The van der Waals surface area contributed by atoms with E-state index in [0.29, 0.717) is 18.2 Å². The number of anilines is 1. The molecule has 0 spiro atoms. The third-order valence-corrected chi connectivity index (χ3v) is 3.48. The predicted octanol–water partition coefficient (Wildman–Crippen LogP) is 1.73. The summed E-state index contributed by atoms with van der Waals surface area (Å²) in [5.41, 5.74) is 1.67. The molecule has 1 aliphatic rings. The topological polar surface area (TPSA) is 96.9 Å². The van der Waals surface area contributed by atoms with Crippen LogP contribution >= 0.6 is 24.0 Å². The Morgan fingerprint density at radius 2 is 2.08 bits per heavy atom. The van der Waals surface area contributed by atoms with E-state index in [1.807, 2.05) is 18.2 Å². The second kappa shape index (κ2) is 9.80. The number of hydrogen-bond donors (Lipinski definition) is 3. The van der Waals surface area contributed by atoms with Gasteiger partial charge in [-0.1, -0.05) is 6.07 Å². The number of aromatic nitrogens is 1. The summed E-state index contributed by atoms with van der Waals surface area (Å²) in [4.78, 5) is 20.0. The van der Waals surface area contributed by atoms with Crippen LogP contribution in [0.15, 0.2) is 47.7 Å². The molecule has 3 rings (SSSR count). The van der Waals surface area contributed by atoms with Crippen molar-refractivity contribution in [3.05, 3.63) is 48.3 Å². The molecule has 0 saturated carbocycles. The Hall–Kier alpha value is -2.56. The van der Waals surface area contributed by atoms with E-state index in [2.05, 4.69) is 25.9 Å². The number of nitrogens with zero attached hydrogens (tertiary/aromatic N) is 2. The number of fused-ring (bicyclic) bond motifs is 1. The molecule has 0 radical (unpaired) electrons. The van der Waals surface area contributed by atoms with Gasteiger partial charge in [-0.25, -0.2) is 0 Å². The van der Waals surface area contributed by atoms with Gasteiger partial charge in [-0.15, -0.1) is 24.0 Å². The van der Waals surface area contributed by atoms with Crippen LogP contribution in [0.4, 0.5) is 5.69 Å². The average Bonchev–Trinajstić information content (AvgIpc) is 3.10. The van der Waals surface area contributed by atoms with E-state index in [1.54, 1.807) is 31.6 Å². The van der Waals surface area contributed by atoms with Gasteiger partial charge in [0.25, 0.3) is 0 Å². The summed E-state index contributed by atoms with van der Waals surface area (Å²) in [6.45, 7) is 0.887. The molecule has 138 valence electrons. The number of halogens is 1. The summed E-state index contributed by atoms with van der Waals surface area (Å²) < 4.78 is 10.6. The Morgan fingerprint density at radius 3 is 2.85 bits per heavy atom. The molecule has 2 aromatic rings. The van der Waals surface area contributed by atoms with Crippen molar-refractivity contribution in [1.29, 1.82) is 0 Å². The lowest BCUT2D eigenvalue weighted by Gasteiger charge is -2.12. The predicted molar refractivity (Wildman–Crippen MR) is 109 cm³/mol. The number of carbonyl (C=O) groups is 1. The maximum atomic E-state index is 11.9. The fraction of sp³-hybridized carbons (Fsp3) is 0.235. The summed E-state index contributed by atoms with van der Waals surface area (Å²) in [6, 6.07) is 9.27. The second-order valence-electron chi connectivity index (χ2n) is 5.26. The van der Waals surface area contributed by atoms with Crippen LogP contribution in [0, 0.1) is 0 Å². The molecule has 9 heteroatoms. The largest absolute Gasteiger partial charge is 0.454 e. The molecular formula is C17H20IN5O3. The highest BCUT2D eigenvalue weighted by atomic mass is 127. The van der Waals surface area contributed by atoms with Gasteiger partial charge in [-0.3, -0.25) is 14.8 Å². The fourth-order valence-electron chi connectivity index (χ4n) is 2.26. The Bertz CT molecular complexity index is 770. The van der Waals surface area contributed by atoms with Crippen molar-refractivity contribution in [3.8, 4) is 11.5 Å². The van der Waals surface area contributed by atoms with Crippen LogP contribution in [0.2, 0.25) is 0 Å². The van der Waals surface area contributed by atoms with Crippen molar-refractivity contribution in [2.75, 3.05) is 25.7 Å². The molecule has 0 atom stereocenters. The van der Waals surface area contributed by atoms with Crippen molar-refractivity contribution < 1.29 is 14.3 Å². The standard InChI is InChI=1S/C17H19N5O3.HI/c1-18-17(21-10-16(23)22-13-3-2-6-19-9-13)20-8-12-4-5-14-15(7-12)25-11-24-14;/h2-7,9H,8,10-11H2,1H3,(H,22,23)(H2,18,20,21);1H. The number of guanidine groups is 1. The van der Waals surface area contributed by atoms with Gasteiger partial charge in [-0.05, 0) is 29.8 Å². The molecular weight excluding hydrogens is 449 g/mol. The van der Waals surface area contributed by atoms with E-state index in [1.165, 1.54) is 0 Å². The zero-order valence-electron chi connectivity index (χ0n) is 14.2. The van der Waals surface area contributed by atoms with Crippen LogP contribution in [-0.4, -0.2) is 37.2 Å². The van der Waals surface area contributed by atoms with Crippen LogP contribution in [-0.2, 0) is 11.3 Å². The van der Waals surface area contributed by atoms with E-state index in [4.69, 9.17) is 9.47 Å². The lowest BCUT2D eigenvalue weighted by atomic mass is 10.2. The number of rotatable bonds is 5. The summed E-state index contributed by atoms with van der Waals surface area (Å²) in [5, 5.41) is 8.86. The van der Waals surface area contributed by atoms with Gasteiger partial charge < -0.3 is 25.4 Å². The van der Waals surface area contributed by atoms with Gasteiger partial charge in [0.15, 0.2) is 17.5 Å². The van der Waals surface area contributed by atoms with Gasteiger partial charge in [0.1, 0.15) is 0 Å². The van der Waals surface area contributed by atoms with E-state index < -0.39 is 0 Å².